The van der Waals surface area contributed by atoms with Gasteiger partial charge in [-0.05, 0) is 43.3 Å². The molecule has 0 aliphatic heterocycles. The minimum atomic E-state index is -0.441. The Kier molecular flexibility index (Phi) is 4.67. The zero-order valence-corrected chi connectivity index (χ0v) is 15.6. The number of aryl methyl sites for hydroxylation is 1. The average Bonchev–Trinajstić information content (AvgIpc) is 3.39. The lowest BCUT2D eigenvalue weighted by Crippen LogP contribution is -2.23. The number of aromatic nitrogens is 1. The zero-order valence-electron chi connectivity index (χ0n) is 14.9. The molecule has 0 aliphatic rings. The van der Waals surface area contributed by atoms with E-state index < -0.39 is 5.91 Å². The summed E-state index contributed by atoms with van der Waals surface area (Å²) < 4.78 is 16.3. The van der Waals surface area contributed by atoms with Crippen molar-refractivity contribution in [3.05, 3.63) is 70.6 Å². The summed E-state index contributed by atoms with van der Waals surface area (Å²) in [6.07, 6.45) is 0. The number of nitrogens with two attached hydrogens (primary N) is 1. The van der Waals surface area contributed by atoms with Crippen LogP contribution in [0.5, 0.6) is 0 Å². The molecule has 4 aromatic rings. The molecule has 0 fully saturated rings. The van der Waals surface area contributed by atoms with Crippen molar-refractivity contribution in [2.75, 3.05) is 5.73 Å². The fourth-order valence-corrected chi connectivity index (χ4v) is 2.98. The van der Waals surface area contributed by atoms with Gasteiger partial charge < -0.3 is 24.4 Å². The lowest BCUT2D eigenvalue weighted by atomic mass is 10.1. The van der Waals surface area contributed by atoms with Crippen LogP contribution in [0.2, 0.25) is 5.02 Å². The molecule has 3 heterocycles. The predicted molar refractivity (Wildman–Crippen MR) is 104 cm³/mol. The Morgan fingerprint density at radius 2 is 1.96 bits per heavy atom. The van der Waals surface area contributed by atoms with E-state index in [0.717, 1.165) is 11.3 Å². The molecule has 8 heteroatoms. The van der Waals surface area contributed by atoms with Crippen LogP contribution in [0.1, 0.15) is 21.9 Å². The van der Waals surface area contributed by atoms with E-state index in [2.05, 4.69) is 10.5 Å². The second-order valence-corrected chi connectivity index (χ2v) is 6.58. The van der Waals surface area contributed by atoms with Crippen molar-refractivity contribution in [3.8, 4) is 22.8 Å². The normalized spacial score (nSPS) is 10.9. The number of hydrogen-bond acceptors (Lipinski definition) is 6. The molecule has 0 aliphatic carbocycles. The van der Waals surface area contributed by atoms with Crippen molar-refractivity contribution < 1.29 is 18.2 Å². The Bertz CT molecular complexity index is 1140. The molecule has 4 rings (SSSR count). The fraction of sp³-hybridized carbons (Fsp3) is 0.100. The van der Waals surface area contributed by atoms with E-state index in [9.17, 15) is 4.79 Å². The SMILES string of the molecule is Cc1ccc(CNC(=O)c2c(-c3ccc(-c4cccc(Cl)c4)o3)noc2N)o1. The molecular weight excluding hydrogens is 382 g/mol. The summed E-state index contributed by atoms with van der Waals surface area (Å²) in [5.74, 6) is 1.79. The predicted octanol–water partition coefficient (Wildman–Crippen LogP) is 4.67. The number of nitrogens with zero attached hydrogens (tertiary/aromatic N) is 1. The molecule has 7 nitrogen and oxygen atoms in total. The summed E-state index contributed by atoms with van der Waals surface area (Å²) in [5.41, 5.74) is 6.95. The molecule has 28 heavy (non-hydrogen) atoms. The second-order valence-electron chi connectivity index (χ2n) is 6.14. The van der Waals surface area contributed by atoms with Crippen LogP contribution in [0.15, 0.2) is 61.9 Å². The number of benzene rings is 1. The van der Waals surface area contributed by atoms with E-state index in [1.807, 2.05) is 25.1 Å². The lowest BCUT2D eigenvalue weighted by Gasteiger charge is -2.03. The number of nitrogens with one attached hydrogen (secondary N) is 1. The number of carbonyl (C=O) groups is 1. The van der Waals surface area contributed by atoms with E-state index >= 15 is 0 Å². The van der Waals surface area contributed by atoms with Crippen LogP contribution >= 0.6 is 11.6 Å². The quantitative estimate of drug-likeness (QED) is 0.506. The third kappa shape index (κ3) is 3.52. The van der Waals surface area contributed by atoms with Crippen LogP contribution in [0.3, 0.4) is 0 Å². The zero-order chi connectivity index (χ0) is 19.7. The molecule has 3 aromatic heterocycles. The van der Waals surface area contributed by atoms with Gasteiger partial charge in [0.1, 0.15) is 22.8 Å². The largest absolute Gasteiger partial charge is 0.465 e. The molecule has 0 spiro atoms. The molecule has 0 unspecified atom stereocenters. The van der Waals surface area contributed by atoms with Crippen LogP contribution in [-0.4, -0.2) is 11.1 Å². The summed E-state index contributed by atoms with van der Waals surface area (Å²) in [6.45, 7) is 2.04. The van der Waals surface area contributed by atoms with Crippen LogP contribution in [0.25, 0.3) is 22.8 Å². The van der Waals surface area contributed by atoms with Gasteiger partial charge in [-0.15, -0.1) is 0 Å². The van der Waals surface area contributed by atoms with E-state index in [0.29, 0.717) is 22.3 Å². The highest BCUT2D eigenvalue weighted by atomic mass is 35.5. The highest BCUT2D eigenvalue weighted by Crippen LogP contribution is 2.32. The number of rotatable bonds is 5. The lowest BCUT2D eigenvalue weighted by molar-refractivity contribution is 0.0949. The van der Waals surface area contributed by atoms with Crippen molar-refractivity contribution in [2.24, 2.45) is 0 Å². The van der Waals surface area contributed by atoms with Gasteiger partial charge in [0.05, 0.1) is 6.54 Å². The van der Waals surface area contributed by atoms with Crippen molar-refractivity contribution in [1.29, 1.82) is 0 Å². The van der Waals surface area contributed by atoms with Crippen molar-refractivity contribution in [1.82, 2.24) is 10.5 Å². The minimum absolute atomic E-state index is 0.0937. The summed E-state index contributed by atoms with van der Waals surface area (Å²) in [4.78, 5) is 12.6. The molecule has 0 bridgehead atoms. The Morgan fingerprint density at radius 1 is 1.14 bits per heavy atom. The number of furan rings is 2. The van der Waals surface area contributed by atoms with Gasteiger partial charge in [-0.25, -0.2) is 0 Å². The molecule has 0 radical (unpaired) electrons. The molecular formula is C20H16ClN3O4. The van der Waals surface area contributed by atoms with Gasteiger partial charge in [0.2, 0.25) is 5.88 Å². The first-order valence-corrected chi connectivity index (χ1v) is 8.84. The highest BCUT2D eigenvalue weighted by Gasteiger charge is 2.25. The van der Waals surface area contributed by atoms with Gasteiger partial charge >= 0.3 is 0 Å². The molecule has 0 atom stereocenters. The fourth-order valence-electron chi connectivity index (χ4n) is 2.79. The monoisotopic (exact) mass is 397 g/mol. The Labute approximate surface area is 165 Å². The summed E-state index contributed by atoms with van der Waals surface area (Å²) in [7, 11) is 0. The average molecular weight is 398 g/mol. The van der Waals surface area contributed by atoms with Crippen LogP contribution in [0, 0.1) is 6.92 Å². The van der Waals surface area contributed by atoms with E-state index in [4.69, 9.17) is 30.7 Å². The second kappa shape index (κ2) is 7.28. The smallest absolute Gasteiger partial charge is 0.259 e. The molecule has 142 valence electrons. The topological polar surface area (TPSA) is 107 Å². The molecule has 1 aromatic carbocycles. The number of anilines is 1. The van der Waals surface area contributed by atoms with Crippen molar-refractivity contribution >= 4 is 23.4 Å². The minimum Gasteiger partial charge on any atom is -0.465 e. The first-order chi connectivity index (χ1) is 13.5. The van der Waals surface area contributed by atoms with E-state index in [1.165, 1.54) is 0 Å². The molecule has 1 amide bonds. The Morgan fingerprint density at radius 3 is 2.71 bits per heavy atom. The van der Waals surface area contributed by atoms with Crippen LogP contribution < -0.4 is 11.1 Å². The highest BCUT2D eigenvalue weighted by molar-refractivity contribution is 6.30. The van der Waals surface area contributed by atoms with Gasteiger partial charge in [0.15, 0.2) is 11.5 Å². The third-order valence-corrected chi connectivity index (χ3v) is 4.35. The van der Waals surface area contributed by atoms with Gasteiger partial charge in [-0.2, -0.15) is 0 Å². The number of nitrogen functional groups attached to an aromatic ring is 1. The number of carbonyl (C=O) groups excluding carboxylic acids is 1. The van der Waals surface area contributed by atoms with Crippen LogP contribution in [-0.2, 0) is 6.54 Å². The first kappa shape index (κ1) is 17.9. The number of halogens is 1. The summed E-state index contributed by atoms with van der Waals surface area (Å²) in [6, 6.07) is 14.3. The van der Waals surface area contributed by atoms with Gasteiger partial charge in [0.25, 0.3) is 5.91 Å². The maximum absolute atomic E-state index is 12.6. The molecule has 0 saturated carbocycles. The van der Waals surface area contributed by atoms with E-state index in [1.54, 1.807) is 30.3 Å². The maximum atomic E-state index is 12.6. The molecule has 3 N–H and O–H groups in total. The summed E-state index contributed by atoms with van der Waals surface area (Å²) >= 11 is 6.03. The van der Waals surface area contributed by atoms with Gasteiger partial charge in [-0.1, -0.05) is 28.9 Å². The number of hydrogen-bond donors (Lipinski definition) is 2. The summed E-state index contributed by atoms with van der Waals surface area (Å²) in [5, 5.41) is 7.22. The maximum Gasteiger partial charge on any atom is 0.259 e. The van der Waals surface area contributed by atoms with Gasteiger partial charge in [-0.3, -0.25) is 4.79 Å². The van der Waals surface area contributed by atoms with Gasteiger partial charge in [0, 0.05) is 10.6 Å². The molecule has 0 saturated heterocycles. The Hall–Kier alpha value is -3.45. The van der Waals surface area contributed by atoms with Crippen molar-refractivity contribution in [2.45, 2.75) is 13.5 Å². The third-order valence-electron chi connectivity index (χ3n) is 4.11. The van der Waals surface area contributed by atoms with Crippen LogP contribution in [0.4, 0.5) is 5.88 Å². The standard InChI is InChI=1S/C20H16ClN3O4/c1-11-5-6-14(26-11)10-23-20(25)17-18(24-28-19(17)22)16-8-7-15(27-16)12-3-2-4-13(21)9-12/h2-9H,10,22H2,1H3,(H,23,25). The van der Waals surface area contributed by atoms with Crippen molar-refractivity contribution in [3.63, 3.8) is 0 Å². The Balaban J connectivity index is 1.59. The first-order valence-electron chi connectivity index (χ1n) is 8.46. The van der Waals surface area contributed by atoms with E-state index in [-0.39, 0.29) is 23.7 Å². The number of amides is 1.